The van der Waals surface area contributed by atoms with Gasteiger partial charge in [0.05, 0.1) is 0 Å². The number of aliphatic hydroxyl groups is 1. The van der Waals surface area contributed by atoms with E-state index in [-0.39, 0.29) is 0 Å². The lowest BCUT2D eigenvalue weighted by Gasteiger charge is -2.32. The van der Waals surface area contributed by atoms with Gasteiger partial charge in [0, 0.05) is 38.5 Å². The smallest absolute Gasteiger partial charge is 0.224 e. The van der Waals surface area contributed by atoms with Crippen LogP contribution in [0.2, 0.25) is 0 Å². The van der Waals surface area contributed by atoms with Crippen LogP contribution < -0.4 is 10.2 Å². The van der Waals surface area contributed by atoms with Crippen molar-refractivity contribution in [2.24, 2.45) is 5.92 Å². The monoisotopic (exact) mass is 236 g/mol. The minimum absolute atomic E-state index is 0.304. The van der Waals surface area contributed by atoms with Crippen molar-refractivity contribution in [1.82, 2.24) is 9.97 Å². The van der Waals surface area contributed by atoms with E-state index in [4.69, 9.17) is 5.11 Å². The highest BCUT2D eigenvalue weighted by Gasteiger charge is 2.19. The highest BCUT2D eigenvalue weighted by Crippen LogP contribution is 2.22. The molecule has 0 atom stereocenters. The van der Waals surface area contributed by atoms with E-state index in [1.165, 1.54) is 0 Å². The van der Waals surface area contributed by atoms with E-state index in [1.807, 2.05) is 20.0 Å². The normalized spacial score (nSPS) is 17.2. The van der Waals surface area contributed by atoms with Gasteiger partial charge in [-0.15, -0.1) is 0 Å². The number of anilines is 2. The molecule has 1 fully saturated rings. The van der Waals surface area contributed by atoms with Crippen molar-refractivity contribution in [1.29, 1.82) is 0 Å². The minimum atomic E-state index is 0.304. The summed E-state index contributed by atoms with van der Waals surface area (Å²) in [5.74, 6) is 2.11. The largest absolute Gasteiger partial charge is 0.396 e. The molecule has 0 radical (unpaired) electrons. The SMILES string of the molecule is CNc1nc(C)cc(N2CCC(CO)CC2)n1. The quantitative estimate of drug-likeness (QED) is 0.821. The van der Waals surface area contributed by atoms with Crippen molar-refractivity contribution in [3.63, 3.8) is 0 Å². The Morgan fingerprint density at radius 3 is 2.71 bits per heavy atom. The fraction of sp³-hybridized carbons (Fsp3) is 0.667. The molecule has 0 spiro atoms. The van der Waals surface area contributed by atoms with E-state index in [9.17, 15) is 0 Å². The van der Waals surface area contributed by atoms with Gasteiger partial charge in [0.25, 0.3) is 0 Å². The molecule has 17 heavy (non-hydrogen) atoms. The number of aromatic nitrogens is 2. The van der Waals surface area contributed by atoms with Crippen molar-refractivity contribution in [3.05, 3.63) is 11.8 Å². The maximum Gasteiger partial charge on any atom is 0.224 e. The summed E-state index contributed by atoms with van der Waals surface area (Å²) in [5.41, 5.74) is 0.976. The average molecular weight is 236 g/mol. The summed E-state index contributed by atoms with van der Waals surface area (Å²) in [6, 6.07) is 2.01. The van der Waals surface area contributed by atoms with E-state index in [1.54, 1.807) is 0 Å². The molecule has 0 bridgehead atoms. The van der Waals surface area contributed by atoms with Crippen LogP contribution in [0.5, 0.6) is 0 Å². The molecule has 94 valence electrons. The van der Waals surface area contributed by atoms with Crippen molar-refractivity contribution in [2.75, 3.05) is 37.0 Å². The van der Waals surface area contributed by atoms with Crippen LogP contribution >= 0.6 is 0 Å². The Morgan fingerprint density at radius 1 is 1.41 bits per heavy atom. The summed E-state index contributed by atoms with van der Waals surface area (Å²) in [4.78, 5) is 11.0. The molecular weight excluding hydrogens is 216 g/mol. The molecule has 0 unspecified atom stereocenters. The van der Waals surface area contributed by atoms with Gasteiger partial charge in [-0.25, -0.2) is 4.98 Å². The highest BCUT2D eigenvalue weighted by molar-refractivity contribution is 5.44. The van der Waals surface area contributed by atoms with Gasteiger partial charge in [-0.2, -0.15) is 4.98 Å². The van der Waals surface area contributed by atoms with Gasteiger partial charge in [0.1, 0.15) is 5.82 Å². The molecule has 1 aromatic rings. The summed E-state index contributed by atoms with van der Waals surface area (Å²) in [6.07, 6.45) is 2.07. The third-order valence-corrected chi connectivity index (χ3v) is 3.26. The van der Waals surface area contributed by atoms with Crippen molar-refractivity contribution >= 4 is 11.8 Å². The van der Waals surface area contributed by atoms with Crippen LogP contribution in [0.15, 0.2) is 6.07 Å². The number of aliphatic hydroxyl groups excluding tert-OH is 1. The first-order chi connectivity index (χ1) is 8.22. The van der Waals surface area contributed by atoms with E-state index in [2.05, 4.69) is 20.2 Å². The standard InChI is InChI=1S/C12H20N4O/c1-9-7-11(15-12(13-2)14-9)16-5-3-10(8-17)4-6-16/h7,10,17H,3-6,8H2,1-2H3,(H,13,14,15). The lowest BCUT2D eigenvalue weighted by Crippen LogP contribution is -2.35. The molecule has 5 nitrogen and oxygen atoms in total. The predicted octanol–water partition coefficient (Wildman–Crippen LogP) is 1.04. The second kappa shape index (κ2) is 5.31. The van der Waals surface area contributed by atoms with Crippen LogP contribution in [0.25, 0.3) is 0 Å². The number of hydrogen-bond acceptors (Lipinski definition) is 5. The molecule has 2 rings (SSSR count). The maximum atomic E-state index is 9.12. The zero-order valence-corrected chi connectivity index (χ0v) is 10.5. The highest BCUT2D eigenvalue weighted by atomic mass is 16.3. The summed E-state index contributed by atoms with van der Waals surface area (Å²) in [6.45, 7) is 4.21. The molecule has 1 aliphatic rings. The molecular formula is C12H20N4O. The van der Waals surface area contributed by atoms with Crippen LogP contribution in [0.3, 0.4) is 0 Å². The minimum Gasteiger partial charge on any atom is -0.396 e. The predicted molar refractivity (Wildman–Crippen MR) is 68.3 cm³/mol. The Balaban J connectivity index is 2.10. The third kappa shape index (κ3) is 2.85. The van der Waals surface area contributed by atoms with E-state index in [0.717, 1.165) is 37.4 Å². The fourth-order valence-corrected chi connectivity index (χ4v) is 2.17. The third-order valence-electron chi connectivity index (χ3n) is 3.26. The van der Waals surface area contributed by atoms with Crippen LogP contribution in [-0.4, -0.2) is 41.8 Å². The lowest BCUT2D eigenvalue weighted by atomic mass is 9.98. The lowest BCUT2D eigenvalue weighted by molar-refractivity contribution is 0.203. The van der Waals surface area contributed by atoms with E-state index >= 15 is 0 Å². The molecule has 0 aliphatic carbocycles. The summed E-state index contributed by atoms with van der Waals surface area (Å²) in [7, 11) is 1.83. The Labute approximate surface area is 102 Å². The zero-order valence-electron chi connectivity index (χ0n) is 10.5. The molecule has 2 heterocycles. The second-order valence-corrected chi connectivity index (χ2v) is 4.55. The van der Waals surface area contributed by atoms with Crippen LogP contribution in [0, 0.1) is 12.8 Å². The Kier molecular flexibility index (Phi) is 3.78. The van der Waals surface area contributed by atoms with Gasteiger partial charge in [-0.05, 0) is 25.7 Å². The van der Waals surface area contributed by atoms with E-state index in [0.29, 0.717) is 18.5 Å². The molecule has 1 aliphatic heterocycles. The number of piperidine rings is 1. The second-order valence-electron chi connectivity index (χ2n) is 4.55. The number of rotatable bonds is 3. The number of aryl methyl sites for hydroxylation is 1. The molecule has 5 heteroatoms. The summed E-state index contributed by atoms with van der Waals surface area (Å²) < 4.78 is 0. The Bertz CT molecular complexity index is 375. The van der Waals surface area contributed by atoms with Crippen molar-refractivity contribution < 1.29 is 5.11 Å². The Morgan fingerprint density at radius 2 is 2.12 bits per heavy atom. The van der Waals surface area contributed by atoms with Gasteiger partial charge in [-0.1, -0.05) is 0 Å². The fourth-order valence-electron chi connectivity index (χ4n) is 2.17. The van der Waals surface area contributed by atoms with Crippen LogP contribution in [0.1, 0.15) is 18.5 Å². The molecule has 2 N–H and O–H groups in total. The van der Waals surface area contributed by atoms with Crippen LogP contribution in [-0.2, 0) is 0 Å². The van der Waals surface area contributed by atoms with E-state index < -0.39 is 0 Å². The van der Waals surface area contributed by atoms with Gasteiger partial charge in [0.2, 0.25) is 5.95 Å². The summed E-state index contributed by atoms with van der Waals surface area (Å²) in [5, 5.41) is 12.1. The van der Waals surface area contributed by atoms with Crippen LogP contribution in [0.4, 0.5) is 11.8 Å². The number of hydrogen-bond donors (Lipinski definition) is 2. The van der Waals surface area contributed by atoms with Gasteiger partial charge < -0.3 is 15.3 Å². The Hall–Kier alpha value is -1.36. The zero-order chi connectivity index (χ0) is 12.3. The molecule has 1 saturated heterocycles. The molecule has 0 aromatic carbocycles. The number of nitrogens with one attached hydrogen (secondary N) is 1. The number of nitrogens with zero attached hydrogens (tertiary/aromatic N) is 3. The maximum absolute atomic E-state index is 9.12. The first-order valence-electron chi connectivity index (χ1n) is 6.12. The van der Waals surface area contributed by atoms with Crippen molar-refractivity contribution in [2.45, 2.75) is 19.8 Å². The topological polar surface area (TPSA) is 61.3 Å². The van der Waals surface area contributed by atoms with Crippen molar-refractivity contribution in [3.8, 4) is 0 Å². The van der Waals surface area contributed by atoms with Gasteiger partial charge in [-0.3, -0.25) is 0 Å². The first-order valence-corrected chi connectivity index (χ1v) is 6.12. The molecule has 0 amide bonds. The molecule has 0 saturated carbocycles. The van der Waals surface area contributed by atoms with Gasteiger partial charge in [0.15, 0.2) is 0 Å². The summed E-state index contributed by atoms with van der Waals surface area (Å²) >= 11 is 0. The van der Waals surface area contributed by atoms with Gasteiger partial charge >= 0.3 is 0 Å². The molecule has 1 aromatic heterocycles. The first kappa shape index (κ1) is 12.1. The average Bonchev–Trinajstić information content (AvgIpc) is 2.38.